The predicted molar refractivity (Wildman–Crippen MR) is 57.9 cm³/mol. The van der Waals surface area contributed by atoms with Crippen LogP contribution in [0.1, 0.15) is 23.0 Å². The largest absolute Gasteiger partial charge is 0.465 e. The normalized spacial score (nSPS) is 9.62. The van der Waals surface area contributed by atoms with Gasteiger partial charge in [0.25, 0.3) is 5.91 Å². The minimum atomic E-state index is -0.448. The first-order valence-corrected chi connectivity index (χ1v) is 5.00. The van der Waals surface area contributed by atoms with Crippen LogP contribution < -0.4 is 5.32 Å². The number of aromatic nitrogens is 1. The number of pyridine rings is 1. The molecule has 1 aromatic heterocycles. The monoisotopic (exact) mass is 222 g/mol. The zero-order valence-corrected chi connectivity index (χ0v) is 9.32. The molecule has 0 fully saturated rings. The lowest BCUT2D eigenvalue weighted by molar-refractivity contribution is -0.141. The van der Waals surface area contributed by atoms with Crippen LogP contribution >= 0.6 is 0 Å². The maximum atomic E-state index is 11.5. The summed E-state index contributed by atoms with van der Waals surface area (Å²) < 4.78 is 4.68. The molecule has 1 N–H and O–H groups in total. The molecule has 0 saturated heterocycles. The number of carbonyl (C=O) groups is 2. The van der Waals surface area contributed by atoms with E-state index >= 15 is 0 Å². The fraction of sp³-hybridized carbons (Fsp3) is 0.364. The van der Waals surface area contributed by atoms with Crippen molar-refractivity contribution in [3.63, 3.8) is 0 Å². The van der Waals surface area contributed by atoms with Crippen LogP contribution in [-0.4, -0.2) is 30.0 Å². The highest BCUT2D eigenvalue weighted by Gasteiger charge is 2.08. The number of esters is 1. The predicted octanol–water partition coefficient (Wildman–Crippen LogP) is 0.683. The molecule has 0 aromatic carbocycles. The average Bonchev–Trinajstić information content (AvgIpc) is 2.27. The van der Waals surface area contributed by atoms with Gasteiger partial charge in [0, 0.05) is 11.9 Å². The maximum Gasteiger partial charge on any atom is 0.325 e. The molecule has 0 aliphatic carbocycles. The first kappa shape index (κ1) is 12.2. The van der Waals surface area contributed by atoms with Crippen LogP contribution in [0.2, 0.25) is 0 Å². The summed E-state index contributed by atoms with van der Waals surface area (Å²) in [6.45, 7) is 3.73. The van der Waals surface area contributed by atoms with Crippen molar-refractivity contribution in [2.45, 2.75) is 13.8 Å². The van der Waals surface area contributed by atoms with E-state index in [0.717, 1.165) is 5.69 Å². The Kier molecular flexibility index (Phi) is 4.44. The van der Waals surface area contributed by atoms with Crippen LogP contribution in [0.4, 0.5) is 0 Å². The average molecular weight is 222 g/mol. The third-order valence-electron chi connectivity index (χ3n) is 1.87. The molecule has 1 rings (SSSR count). The molecule has 0 unspecified atom stereocenters. The maximum absolute atomic E-state index is 11.5. The number of nitrogens with zero attached hydrogens (tertiary/aromatic N) is 1. The van der Waals surface area contributed by atoms with Gasteiger partial charge in [0.1, 0.15) is 6.54 Å². The summed E-state index contributed by atoms with van der Waals surface area (Å²) in [7, 11) is 0. The minimum absolute atomic E-state index is 0.124. The molecule has 1 amide bonds. The second-order valence-corrected chi connectivity index (χ2v) is 3.18. The number of nitrogens with one attached hydrogen (secondary N) is 1. The molecular formula is C11H14N2O3. The SMILES string of the molecule is CCOC(=O)CNC(=O)c1ccc(C)nc1. The summed E-state index contributed by atoms with van der Waals surface area (Å²) in [6, 6.07) is 3.39. The number of carbonyl (C=O) groups excluding carboxylic acids is 2. The molecule has 86 valence electrons. The summed E-state index contributed by atoms with van der Waals surface area (Å²) in [5, 5.41) is 2.45. The zero-order chi connectivity index (χ0) is 12.0. The molecule has 0 saturated carbocycles. The van der Waals surface area contributed by atoms with E-state index in [4.69, 9.17) is 0 Å². The van der Waals surface area contributed by atoms with Gasteiger partial charge >= 0.3 is 5.97 Å². The fourth-order valence-electron chi connectivity index (χ4n) is 1.07. The number of hydrogen-bond acceptors (Lipinski definition) is 4. The van der Waals surface area contributed by atoms with Crippen molar-refractivity contribution >= 4 is 11.9 Å². The molecule has 5 heteroatoms. The number of rotatable bonds is 4. The van der Waals surface area contributed by atoms with Crippen molar-refractivity contribution in [1.82, 2.24) is 10.3 Å². The summed E-state index contributed by atoms with van der Waals surface area (Å²) >= 11 is 0. The van der Waals surface area contributed by atoms with Gasteiger partial charge in [0.15, 0.2) is 0 Å². The van der Waals surface area contributed by atoms with Gasteiger partial charge < -0.3 is 10.1 Å². The lowest BCUT2D eigenvalue weighted by Gasteiger charge is -2.04. The van der Waals surface area contributed by atoms with E-state index in [0.29, 0.717) is 12.2 Å². The van der Waals surface area contributed by atoms with Gasteiger partial charge in [-0.15, -0.1) is 0 Å². The Morgan fingerprint density at radius 3 is 2.75 bits per heavy atom. The van der Waals surface area contributed by atoms with E-state index < -0.39 is 5.97 Å². The zero-order valence-electron chi connectivity index (χ0n) is 9.32. The molecule has 0 bridgehead atoms. The molecule has 0 radical (unpaired) electrons. The van der Waals surface area contributed by atoms with E-state index in [1.54, 1.807) is 19.1 Å². The first-order chi connectivity index (χ1) is 7.63. The molecule has 0 spiro atoms. The van der Waals surface area contributed by atoms with Crippen molar-refractivity contribution in [3.8, 4) is 0 Å². The summed E-state index contributed by atoms with van der Waals surface area (Å²) in [6.07, 6.45) is 1.47. The lowest BCUT2D eigenvalue weighted by Crippen LogP contribution is -2.30. The van der Waals surface area contributed by atoms with Gasteiger partial charge in [-0.1, -0.05) is 0 Å². The Morgan fingerprint density at radius 1 is 1.44 bits per heavy atom. The van der Waals surface area contributed by atoms with Crippen molar-refractivity contribution in [2.24, 2.45) is 0 Å². The van der Waals surface area contributed by atoms with Gasteiger partial charge in [-0.2, -0.15) is 0 Å². The number of hydrogen-bond donors (Lipinski definition) is 1. The fourth-order valence-corrected chi connectivity index (χ4v) is 1.07. The molecule has 5 nitrogen and oxygen atoms in total. The van der Waals surface area contributed by atoms with Crippen LogP contribution in [0.3, 0.4) is 0 Å². The Labute approximate surface area is 93.8 Å². The quantitative estimate of drug-likeness (QED) is 0.761. The van der Waals surface area contributed by atoms with Crippen LogP contribution in [0, 0.1) is 6.92 Å². The molecule has 0 aliphatic rings. The highest BCUT2D eigenvalue weighted by Crippen LogP contribution is 1.98. The highest BCUT2D eigenvalue weighted by molar-refractivity contribution is 5.95. The Morgan fingerprint density at radius 2 is 2.19 bits per heavy atom. The van der Waals surface area contributed by atoms with Crippen molar-refractivity contribution in [3.05, 3.63) is 29.6 Å². The molecule has 1 heterocycles. The molecule has 16 heavy (non-hydrogen) atoms. The first-order valence-electron chi connectivity index (χ1n) is 5.00. The molecular weight excluding hydrogens is 208 g/mol. The van der Waals surface area contributed by atoms with Crippen molar-refractivity contribution in [2.75, 3.05) is 13.2 Å². The second-order valence-electron chi connectivity index (χ2n) is 3.18. The van der Waals surface area contributed by atoms with Gasteiger partial charge in [-0.3, -0.25) is 14.6 Å². The van der Waals surface area contributed by atoms with Crippen LogP contribution in [-0.2, 0) is 9.53 Å². The standard InChI is InChI=1S/C11H14N2O3/c1-3-16-10(14)7-13-11(15)9-5-4-8(2)12-6-9/h4-6H,3,7H2,1-2H3,(H,13,15). The molecule has 0 atom stereocenters. The Bertz CT molecular complexity index is 373. The summed E-state index contributed by atoms with van der Waals surface area (Å²) in [5.74, 6) is -0.781. The van der Waals surface area contributed by atoms with Crippen LogP contribution in [0.5, 0.6) is 0 Å². The minimum Gasteiger partial charge on any atom is -0.465 e. The van der Waals surface area contributed by atoms with Crippen LogP contribution in [0.25, 0.3) is 0 Å². The Hall–Kier alpha value is -1.91. The van der Waals surface area contributed by atoms with E-state index in [2.05, 4.69) is 15.0 Å². The van der Waals surface area contributed by atoms with E-state index in [1.165, 1.54) is 6.20 Å². The highest BCUT2D eigenvalue weighted by atomic mass is 16.5. The summed E-state index contributed by atoms with van der Waals surface area (Å²) in [5.41, 5.74) is 1.26. The van der Waals surface area contributed by atoms with Crippen molar-refractivity contribution in [1.29, 1.82) is 0 Å². The number of aryl methyl sites for hydroxylation is 1. The molecule has 1 aromatic rings. The van der Waals surface area contributed by atoms with Gasteiger partial charge in [-0.05, 0) is 26.0 Å². The second kappa shape index (κ2) is 5.85. The topological polar surface area (TPSA) is 68.3 Å². The third-order valence-corrected chi connectivity index (χ3v) is 1.87. The van der Waals surface area contributed by atoms with Gasteiger partial charge in [0.2, 0.25) is 0 Å². The third kappa shape index (κ3) is 3.68. The number of ether oxygens (including phenoxy) is 1. The Balaban J connectivity index is 2.47. The van der Waals surface area contributed by atoms with E-state index in [9.17, 15) is 9.59 Å². The van der Waals surface area contributed by atoms with Crippen LogP contribution in [0.15, 0.2) is 18.3 Å². The smallest absolute Gasteiger partial charge is 0.325 e. The van der Waals surface area contributed by atoms with E-state index in [-0.39, 0.29) is 12.5 Å². The van der Waals surface area contributed by atoms with E-state index in [1.807, 2.05) is 6.92 Å². The molecule has 0 aliphatic heterocycles. The van der Waals surface area contributed by atoms with Gasteiger partial charge in [-0.25, -0.2) is 0 Å². The summed E-state index contributed by atoms with van der Waals surface area (Å²) in [4.78, 5) is 26.5. The van der Waals surface area contributed by atoms with Gasteiger partial charge in [0.05, 0.1) is 12.2 Å². The lowest BCUT2D eigenvalue weighted by atomic mass is 10.2. The number of amides is 1. The van der Waals surface area contributed by atoms with Crippen molar-refractivity contribution < 1.29 is 14.3 Å².